The minimum absolute atomic E-state index is 0.185. The number of anilines is 2. The summed E-state index contributed by atoms with van der Waals surface area (Å²) < 4.78 is 0. The number of aromatic nitrogens is 2. The van der Waals surface area contributed by atoms with E-state index in [9.17, 15) is 4.79 Å². The number of nitrogens with zero attached hydrogens (tertiary/aromatic N) is 2. The number of unbranched alkanes of at least 4 members (excludes halogenated alkanes) is 1. The van der Waals surface area contributed by atoms with Crippen LogP contribution in [0.15, 0.2) is 24.3 Å². The number of hydrogen-bond donors (Lipinski definition) is 2. The average Bonchev–Trinajstić information content (AvgIpc) is 2.51. The van der Waals surface area contributed by atoms with Crippen LogP contribution in [0, 0.1) is 13.8 Å². The zero-order chi connectivity index (χ0) is 16.8. The van der Waals surface area contributed by atoms with Gasteiger partial charge in [-0.2, -0.15) is 0 Å². The zero-order valence-corrected chi connectivity index (χ0v) is 14.4. The molecule has 0 saturated carbocycles. The third kappa shape index (κ3) is 4.66. The number of carbonyl (C=O) groups is 1. The van der Waals surface area contributed by atoms with Crippen LogP contribution in [0.25, 0.3) is 0 Å². The molecule has 23 heavy (non-hydrogen) atoms. The van der Waals surface area contributed by atoms with E-state index in [1.54, 1.807) is 13.0 Å². The first kappa shape index (κ1) is 17.2. The number of halogens is 1. The molecular formula is C17H21ClN4O. The summed E-state index contributed by atoms with van der Waals surface area (Å²) in [5.41, 5.74) is 2.14. The van der Waals surface area contributed by atoms with Crippen molar-refractivity contribution in [2.75, 3.05) is 11.9 Å². The highest BCUT2D eigenvalue weighted by Crippen LogP contribution is 2.25. The molecule has 6 heteroatoms. The van der Waals surface area contributed by atoms with Crippen LogP contribution in [0.1, 0.15) is 41.6 Å². The van der Waals surface area contributed by atoms with Crippen LogP contribution in [-0.4, -0.2) is 22.4 Å². The molecule has 0 unspecified atom stereocenters. The van der Waals surface area contributed by atoms with Gasteiger partial charge in [0.1, 0.15) is 17.3 Å². The van der Waals surface area contributed by atoms with Gasteiger partial charge >= 0.3 is 0 Å². The van der Waals surface area contributed by atoms with E-state index in [1.165, 1.54) is 0 Å². The molecule has 0 atom stereocenters. The highest BCUT2D eigenvalue weighted by Gasteiger charge is 2.11. The molecule has 0 aliphatic carbocycles. The summed E-state index contributed by atoms with van der Waals surface area (Å²) in [4.78, 5) is 20.7. The van der Waals surface area contributed by atoms with Crippen LogP contribution >= 0.6 is 11.6 Å². The minimum Gasteiger partial charge on any atom is -0.351 e. The van der Waals surface area contributed by atoms with Crippen LogP contribution in [0.3, 0.4) is 0 Å². The molecule has 0 aliphatic heterocycles. The van der Waals surface area contributed by atoms with Crippen LogP contribution < -0.4 is 10.6 Å². The van der Waals surface area contributed by atoms with E-state index in [1.807, 2.05) is 25.1 Å². The molecule has 1 heterocycles. The highest BCUT2D eigenvalue weighted by atomic mass is 35.5. The van der Waals surface area contributed by atoms with Crippen LogP contribution in [0.5, 0.6) is 0 Å². The monoisotopic (exact) mass is 332 g/mol. The van der Waals surface area contributed by atoms with Gasteiger partial charge in [0.05, 0.1) is 0 Å². The fourth-order valence-electron chi connectivity index (χ4n) is 2.10. The standard InChI is InChI=1S/C17H21ClN4O/c1-4-5-9-19-17(23)15-10-16(21-12(3)20-15)22-14-8-6-7-13(18)11(14)2/h6-8,10H,4-5,9H2,1-3H3,(H,19,23)(H,20,21,22). The number of hydrogen-bond acceptors (Lipinski definition) is 4. The second-order valence-electron chi connectivity index (χ2n) is 5.33. The average molecular weight is 333 g/mol. The van der Waals surface area contributed by atoms with E-state index >= 15 is 0 Å². The van der Waals surface area contributed by atoms with Crippen molar-refractivity contribution in [3.8, 4) is 0 Å². The van der Waals surface area contributed by atoms with Gasteiger partial charge < -0.3 is 10.6 Å². The van der Waals surface area contributed by atoms with Crippen LogP contribution in [-0.2, 0) is 0 Å². The highest BCUT2D eigenvalue weighted by molar-refractivity contribution is 6.31. The number of carbonyl (C=O) groups excluding carboxylic acids is 1. The van der Waals surface area contributed by atoms with Crippen molar-refractivity contribution in [2.45, 2.75) is 33.6 Å². The normalized spacial score (nSPS) is 10.4. The second-order valence-corrected chi connectivity index (χ2v) is 5.74. The Morgan fingerprint density at radius 2 is 2.04 bits per heavy atom. The van der Waals surface area contributed by atoms with Gasteiger partial charge in [-0.25, -0.2) is 9.97 Å². The van der Waals surface area contributed by atoms with Gasteiger partial charge in [-0.05, 0) is 38.0 Å². The van der Waals surface area contributed by atoms with Gasteiger partial charge in [-0.1, -0.05) is 31.0 Å². The third-order valence-corrected chi connectivity index (χ3v) is 3.83. The molecule has 1 aromatic carbocycles. The quantitative estimate of drug-likeness (QED) is 0.784. The largest absolute Gasteiger partial charge is 0.351 e. The molecular weight excluding hydrogens is 312 g/mol. The molecule has 0 aliphatic rings. The maximum absolute atomic E-state index is 12.1. The minimum atomic E-state index is -0.185. The summed E-state index contributed by atoms with van der Waals surface area (Å²) in [6, 6.07) is 7.26. The number of amides is 1. The van der Waals surface area contributed by atoms with E-state index in [4.69, 9.17) is 11.6 Å². The van der Waals surface area contributed by atoms with Gasteiger partial charge in [0.25, 0.3) is 5.91 Å². The molecule has 5 nitrogen and oxygen atoms in total. The Morgan fingerprint density at radius 3 is 2.78 bits per heavy atom. The van der Waals surface area contributed by atoms with Crippen molar-refractivity contribution in [1.29, 1.82) is 0 Å². The Morgan fingerprint density at radius 1 is 1.26 bits per heavy atom. The molecule has 2 aromatic rings. The first-order chi connectivity index (χ1) is 11.0. The van der Waals surface area contributed by atoms with Crippen LogP contribution in [0.2, 0.25) is 5.02 Å². The van der Waals surface area contributed by atoms with Gasteiger partial charge in [0, 0.05) is 23.3 Å². The lowest BCUT2D eigenvalue weighted by molar-refractivity contribution is 0.0948. The first-order valence-corrected chi connectivity index (χ1v) is 8.05. The summed E-state index contributed by atoms with van der Waals surface area (Å²) in [5, 5.41) is 6.74. The fourth-order valence-corrected chi connectivity index (χ4v) is 2.27. The van der Waals surface area contributed by atoms with E-state index < -0.39 is 0 Å². The summed E-state index contributed by atoms with van der Waals surface area (Å²) >= 11 is 6.13. The third-order valence-electron chi connectivity index (χ3n) is 3.42. The van der Waals surface area contributed by atoms with Gasteiger partial charge in [-0.3, -0.25) is 4.79 Å². The molecule has 0 spiro atoms. The number of aryl methyl sites for hydroxylation is 1. The smallest absolute Gasteiger partial charge is 0.270 e. The zero-order valence-electron chi connectivity index (χ0n) is 13.6. The number of benzene rings is 1. The Balaban J connectivity index is 2.20. The van der Waals surface area contributed by atoms with E-state index in [0.29, 0.717) is 28.9 Å². The first-order valence-electron chi connectivity index (χ1n) is 7.67. The lowest BCUT2D eigenvalue weighted by Crippen LogP contribution is -2.25. The second kappa shape index (κ2) is 7.92. The summed E-state index contributed by atoms with van der Waals surface area (Å²) in [5.74, 6) is 0.925. The van der Waals surface area contributed by atoms with Crippen molar-refractivity contribution < 1.29 is 4.79 Å². The van der Waals surface area contributed by atoms with Crippen LogP contribution in [0.4, 0.5) is 11.5 Å². The van der Waals surface area contributed by atoms with E-state index in [-0.39, 0.29) is 5.91 Å². The molecule has 0 fully saturated rings. The lowest BCUT2D eigenvalue weighted by Gasteiger charge is -2.11. The van der Waals surface area contributed by atoms with E-state index in [0.717, 1.165) is 24.1 Å². The van der Waals surface area contributed by atoms with Crippen molar-refractivity contribution in [1.82, 2.24) is 15.3 Å². The van der Waals surface area contributed by atoms with Crippen molar-refractivity contribution in [3.63, 3.8) is 0 Å². The molecule has 1 amide bonds. The Bertz CT molecular complexity index is 703. The molecule has 2 rings (SSSR count). The predicted octanol–water partition coefficient (Wildman–Crippen LogP) is 4.02. The number of rotatable bonds is 6. The topological polar surface area (TPSA) is 66.9 Å². The molecule has 0 bridgehead atoms. The van der Waals surface area contributed by atoms with Crippen molar-refractivity contribution in [3.05, 3.63) is 46.4 Å². The Labute approximate surface area is 141 Å². The maximum atomic E-state index is 12.1. The van der Waals surface area contributed by atoms with Gasteiger partial charge in [-0.15, -0.1) is 0 Å². The predicted molar refractivity (Wildman–Crippen MR) is 93.5 cm³/mol. The molecule has 2 N–H and O–H groups in total. The SMILES string of the molecule is CCCCNC(=O)c1cc(Nc2cccc(Cl)c2C)nc(C)n1. The molecule has 122 valence electrons. The Kier molecular flexibility index (Phi) is 5.93. The summed E-state index contributed by atoms with van der Waals surface area (Å²) in [6.45, 7) is 6.42. The molecule has 1 aromatic heterocycles. The van der Waals surface area contributed by atoms with Crippen molar-refractivity contribution in [2.24, 2.45) is 0 Å². The van der Waals surface area contributed by atoms with Crippen molar-refractivity contribution >= 4 is 29.0 Å². The Hall–Kier alpha value is -2.14. The van der Waals surface area contributed by atoms with E-state index in [2.05, 4.69) is 27.5 Å². The molecule has 0 saturated heterocycles. The lowest BCUT2D eigenvalue weighted by atomic mass is 10.2. The van der Waals surface area contributed by atoms with Gasteiger partial charge in [0.2, 0.25) is 0 Å². The molecule has 0 radical (unpaired) electrons. The van der Waals surface area contributed by atoms with Gasteiger partial charge in [0.15, 0.2) is 0 Å². The fraction of sp³-hybridized carbons (Fsp3) is 0.353. The summed E-state index contributed by atoms with van der Waals surface area (Å²) in [6.07, 6.45) is 1.98. The summed E-state index contributed by atoms with van der Waals surface area (Å²) in [7, 11) is 0. The number of nitrogens with one attached hydrogen (secondary N) is 2. The maximum Gasteiger partial charge on any atom is 0.270 e.